The minimum atomic E-state index is -1.07. The fraction of sp³-hybridized carbons (Fsp3) is 0.111. The molecule has 0 aromatic heterocycles. The number of benzene rings is 2. The Balaban J connectivity index is 2.13. The molecule has 0 aliphatic heterocycles. The van der Waals surface area contributed by atoms with E-state index >= 15 is 0 Å². The van der Waals surface area contributed by atoms with E-state index < -0.39 is 5.97 Å². The second-order valence-electron chi connectivity index (χ2n) is 5.03. The maximum absolute atomic E-state index is 11.9. The Morgan fingerprint density at radius 1 is 1.09 bits per heavy atom. The Bertz CT molecular complexity index is 748. The number of nitrogens with one attached hydrogen (secondary N) is 1. The summed E-state index contributed by atoms with van der Waals surface area (Å²) in [5.74, 6) is -1.44. The average Bonchev–Trinajstić information content (AvgIpc) is 2.46. The minimum absolute atomic E-state index is 0.0655. The van der Waals surface area contributed by atoms with E-state index in [-0.39, 0.29) is 17.2 Å². The number of hydrogen-bond donors (Lipinski definition) is 2. The van der Waals surface area contributed by atoms with Gasteiger partial charge in [0.25, 0.3) is 0 Å². The van der Waals surface area contributed by atoms with Crippen molar-refractivity contribution in [1.29, 1.82) is 0 Å². The van der Waals surface area contributed by atoms with Crippen LogP contribution in [0.25, 0.3) is 6.08 Å². The van der Waals surface area contributed by atoms with Crippen molar-refractivity contribution < 1.29 is 14.7 Å². The molecule has 2 aromatic rings. The van der Waals surface area contributed by atoms with Crippen LogP contribution in [0.3, 0.4) is 0 Å². The molecule has 0 fully saturated rings. The Kier molecular flexibility index (Phi) is 4.73. The SMILES string of the molecule is Cc1ccc(C=CC(=O)Nc2ccccc2C(=O)O)c(C)c1. The highest BCUT2D eigenvalue weighted by molar-refractivity contribution is 6.06. The van der Waals surface area contributed by atoms with Gasteiger partial charge in [0.05, 0.1) is 11.3 Å². The minimum Gasteiger partial charge on any atom is -0.478 e. The highest BCUT2D eigenvalue weighted by atomic mass is 16.4. The number of carbonyl (C=O) groups is 2. The van der Waals surface area contributed by atoms with E-state index in [1.807, 2.05) is 32.0 Å². The number of aryl methyl sites for hydroxylation is 2. The fourth-order valence-electron chi connectivity index (χ4n) is 2.13. The average molecular weight is 295 g/mol. The predicted molar refractivity (Wildman–Crippen MR) is 87.0 cm³/mol. The maximum Gasteiger partial charge on any atom is 0.337 e. The van der Waals surface area contributed by atoms with Crippen molar-refractivity contribution in [3.05, 3.63) is 70.8 Å². The fourth-order valence-corrected chi connectivity index (χ4v) is 2.13. The van der Waals surface area contributed by atoms with Gasteiger partial charge >= 0.3 is 5.97 Å². The van der Waals surface area contributed by atoms with Crippen molar-refractivity contribution in [1.82, 2.24) is 0 Å². The summed E-state index contributed by atoms with van der Waals surface area (Å²) in [6, 6.07) is 12.3. The summed E-state index contributed by atoms with van der Waals surface area (Å²) in [6.07, 6.45) is 3.11. The number of hydrogen-bond acceptors (Lipinski definition) is 2. The molecule has 112 valence electrons. The third-order valence-corrected chi connectivity index (χ3v) is 3.25. The van der Waals surface area contributed by atoms with Crippen molar-refractivity contribution in [2.75, 3.05) is 5.32 Å². The van der Waals surface area contributed by atoms with Crippen LogP contribution in [-0.4, -0.2) is 17.0 Å². The first-order valence-corrected chi connectivity index (χ1v) is 6.86. The molecule has 0 saturated heterocycles. The summed E-state index contributed by atoms with van der Waals surface area (Å²) in [4.78, 5) is 23.0. The highest BCUT2D eigenvalue weighted by Gasteiger charge is 2.10. The molecule has 0 spiro atoms. The van der Waals surface area contributed by atoms with Gasteiger partial charge in [0.1, 0.15) is 0 Å². The highest BCUT2D eigenvalue weighted by Crippen LogP contribution is 2.16. The monoisotopic (exact) mass is 295 g/mol. The summed E-state index contributed by atoms with van der Waals surface area (Å²) < 4.78 is 0. The van der Waals surface area contributed by atoms with Gasteiger partial charge in [0.2, 0.25) is 5.91 Å². The lowest BCUT2D eigenvalue weighted by molar-refractivity contribution is -0.111. The van der Waals surface area contributed by atoms with Crippen LogP contribution in [0.2, 0.25) is 0 Å². The Labute approximate surface area is 129 Å². The molecule has 0 aliphatic carbocycles. The van der Waals surface area contributed by atoms with Crippen molar-refractivity contribution >= 4 is 23.6 Å². The summed E-state index contributed by atoms with van der Waals surface area (Å²) in [6.45, 7) is 3.99. The van der Waals surface area contributed by atoms with Gasteiger partial charge in [-0.25, -0.2) is 4.79 Å². The number of carboxylic acids is 1. The van der Waals surface area contributed by atoms with Gasteiger partial charge in [0.15, 0.2) is 0 Å². The zero-order valence-electron chi connectivity index (χ0n) is 12.5. The molecule has 0 bridgehead atoms. The van der Waals surface area contributed by atoms with E-state index in [0.717, 1.165) is 16.7 Å². The molecule has 2 N–H and O–H groups in total. The number of carboxylic acid groups (broad SMARTS) is 1. The normalized spacial score (nSPS) is 10.6. The first kappa shape index (κ1) is 15.5. The number of aromatic carboxylic acids is 1. The van der Waals surface area contributed by atoms with Crippen LogP contribution < -0.4 is 5.32 Å². The molecular formula is C18H17NO3. The molecular weight excluding hydrogens is 278 g/mol. The lowest BCUT2D eigenvalue weighted by atomic mass is 10.1. The molecule has 22 heavy (non-hydrogen) atoms. The van der Waals surface area contributed by atoms with Crippen LogP contribution in [0.15, 0.2) is 48.5 Å². The van der Waals surface area contributed by atoms with Gasteiger partial charge < -0.3 is 10.4 Å². The van der Waals surface area contributed by atoms with E-state index in [1.54, 1.807) is 24.3 Å². The Hall–Kier alpha value is -2.88. The lowest BCUT2D eigenvalue weighted by Crippen LogP contribution is -2.11. The van der Waals surface area contributed by atoms with Crippen LogP contribution in [0.4, 0.5) is 5.69 Å². The lowest BCUT2D eigenvalue weighted by Gasteiger charge is -2.06. The quantitative estimate of drug-likeness (QED) is 0.846. The summed E-state index contributed by atoms with van der Waals surface area (Å²) in [5.41, 5.74) is 3.54. The van der Waals surface area contributed by atoms with Crippen LogP contribution in [0.1, 0.15) is 27.0 Å². The second-order valence-corrected chi connectivity index (χ2v) is 5.03. The zero-order chi connectivity index (χ0) is 16.1. The molecule has 2 aromatic carbocycles. The summed E-state index contributed by atoms with van der Waals surface area (Å²) in [7, 11) is 0. The number of anilines is 1. The number of para-hydroxylation sites is 1. The van der Waals surface area contributed by atoms with E-state index in [9.17, 15) is 9.59 Å². The third-order valence-electron chi connectivity index (χ3n) is 3.25. The number of rotatable bonds is 4. The zero-order valence-corrected chi connectivity index (χ0v) is 12.5. The largest absolute Gasteiger partial charge is 0.478 e. The van der Waals surface area contributed by atoms with Crippen molar-refractivity contribution in [2.45, 2.75) is 13.8 Å². The molecule has 0 radical (unpaired) electrons. The van der Waals surface area contributed by atoms with Crippen LogP contribution >= 0.6 is 0 Å². The second kappa shape index (κ2) is 6.72. The number of amides is 1. The molecule has 0 heterocycles. The van der Waals surface area contributed by atoms with E-state index in [0.29, 0.717) is 0 Å². The first-order valence-electron chi connectivity index (χ1n) is 6.86. The molecule has 4 nitrogen and oxygen atoms in total. The molecule has 0 unspecified atom stereocenters. The Morgan fingerprint density at radius 2 is 1.82 bits per heavy atom. The topological polar surface area (TPSA) is 66.4 Å². The standard InChI is InChI=1S/C18H17NO3/c1-12-7-8-14(13(2)11-12)9-10-17(20)19-16-6-4-3-5-15(16)18(21)22/h3-11H,1-2H3,(H,19,20)(H,21,22). The van der Waals surface area contributed by atoms with Gasteiger partial charge in [-0.2, -0.15) is 0 Å². The Morgan fingerprint density at radius 3 is 2.50 bits per heavy atom. The van der Waals surface area contributed by atoms with E-state index in [2.05, 4.69) is 5.32 Å². The van der Waals surface area contributed by atoms with Crippen LogP contribution in [0, 0.1) is 13.8 Å². The molecule has 2 rings (SSSR count). The third kappa shape index (κ3) is 3.82. The van der Waals surface area contributed by atoms with Crippen molar-refractivity contribution in [3.63, 3.8) is 0 Å². The van der Waals surface area contributed by atoms with Gasteiger partial charge in [-0.3, -0.25) is 4.79 Å². The van der Waals surface area contributed by atoms with Crippen molar-refractivity contribution in [2.24, 2.45) is 0 Å². The number of carbonyl (C=O) groups excluding carboxylic acids is 1. The first-order chi connectivity index (χ1) is 10.5. The van der Waals surface area contributed by atoms with E-state index in [4.69, 9.17) is 5.11 Å². The van der Waals surface area contributed by atoms with Gasteiger partial charge in [-0.1, -0.05) is 35.9 Å². The van der Waals surface area contributed by atoms with Crippen LogP contribution in [-0.2, 0) is 4.79 Å². The van der Waals surface area contributed by atoms with Crippen LogP contribution in [0.5, 0.6) is 0 Å². The van der Waals surface area contributed by atoms with Gasteiger partial charge in [0, 0.05) is 6.08 Å². The van der Waals surface area contributed by atoms with E-state index in [1.165, 1.54) is 12.1 Å². The predicted octanol–water partition coefficient (Wildman–Crippen LogP) is 3.65. The molecule has 0 atom stereocenters. The maximum atomic E-state index is 11.9. The molecule has 1 amide bonds. The smallest absolute Gasteiger partial charge is 0.337 e. The van der Waals surface area contributed by atoms with Gasteiger partial charge in [-0.05, 0) is 43.2 Å². The summed E-state index contributed by atoms with van der Waals surface area (Å²) >= 11 is 0. The van der Waals surface area contributed by atoms with Gasteiger partial charge in [-0.15, -0.1) is 0 Å². The molecule has 0 saturated carbocycles. The van der Waals surface area contributed by atoms with Crippen molar-refractivity contribution in [3.8, 4) is 0 Å². The summed E-state index contributed by atoms with van der Waals surface area (Å²) in [5, 5.41) is 11.7. The molecule has 0 aliphatic rings. The molecule has 4 heteroatoms.